The molecule has 2 aromatic carbocycles. The summed E-state index contributed by atoms with van der Waals surface area (Å²) in [5.74, 6) is -0.250. The molecule has 1 aliphatic rings. The second-order valence-electron chi connectivity index (χ2n) is 5.99. The van der Waals surface area contributed by atoms with Gasteiger partial charge in [-0.2, -0.15) is 0 Å². The molecule has 0 fully saturated rings. The average molecular weight is 295 g/mol. The molecule has 22 heavy (non-hydrogen) atoms. The monoisotopic (exact) mass is 295 g/mol. The van der Waals surface area contributed by atoms with E-state index in [4.69, 9.17) is 0 Å². The van der Waals surface area contributed by atoms with E-state index in [1.54, 1.807) is 0 Å². The standard InChI is InChI=1S/C19H21NO2/c1-13(14-7-3-2-4-8-14)19(22)20-17-11-15-9-5-6-10-16(15)12-18(17)21/h2-10,13,17-18,21H,11-12H2,1H3,(H,20,22)/t13-,17-,18-/m1/s1. The van der Waals surface area contributed by atoms with Crippen molar-refractivity contribution in [2.75, 3.05) is 0 Å². The van der Waals surface area contributed by atoms with E-state index in [0.29, 0.717) is 12.8 Å². The Morgan fingerprint density at radius 2 is 1.64 bits per heavy atom. The highest BCUT2D eigenvalue weighted by Crippen LogP contribution is 2.23. The molecule has 0 saturated heterocycles. The molecule has 2 aromatic rings. The SMILES string of the molecule is C[C@@H](C(=O)N[C@@H]1Cc2ccccc2C[C@H]1O)c1ccccc1. The first-order valence-corrected chi connectivity index (χ1v) is 7.75. The summed E-state index contributed by atoms with van der Waals surface area (Å²) in [5.41, 5.74) is 3.38. The molecule has 0 aromatic heterocycles. The maximum Gasteiger partial charge on any atom is 0.227 e. The van der Waals surface area contributed by atoms with Gasteiger partial charge in [-0.3, -0.25) is 4.79 Å². The van der Waals surface area contributed by atoms with E-state index in [0.717, 1.165) is 5.56 Å². The molecule has 0 unspecified atom stereocenters. The Bertz CT molecular complexity index is 653. The van der Waals surface area contributed by atoms with Crippen LogP contribution in [0.2, 0.25) is 0 Å². The lowest BCUT2D eigenvalue weighted by molar-refractivity contribution is -0.123. The van der Waals surface area contributed by atoms with Crippen molar-refractivity contribution in [3.63, 3.8) is 0 Å². The van der Waals surface area contributed by atoms with Gasteiger partial charge in [0.25, 0.3) is 0 Å². The largest absolute Gasteiger partial charge is 0.391 e. The third-order valence-corrected chi connectivity index (χ3v) is 4.47. The molecule has 0 radical (unpaired) electrons. The van der Waals surface area contributed by atoms with Crippen LogP contribution in [-0.4, -0.2) is 23.2 Å². The van der Waals surface area contributed by atoms with Crippen molar-refractivity contribution >= 4 is 5.91 Å². The maximum absolute atomic E-state index is 12.4. The van der Waals surface area contributed by atoms with Crippen molar-refractivity contribution in [2.24, 2.45) is 0 Å². The minimum atomic E-state index is -0.526. The van der Waals surface area contributed by atoms with Gasteiger partial charge in [-0.1, -0.05) is 54.6 Å². The molecule has 1 aliphatic carbocycles. The van der Waals surface area contributed by atoms with Gasteiger partial charge in [0.05, 0.1) is 18.1 Å². The second kappa shape index (κ2) is 6.32. The lowest BCUT2D eigenvalue weighted by atomic mass is 9.86. The number of benzene rings is 2. The molecule has 114 valence electrons. The van der Waals surface area contributed by atoms with E-state index < -0.39 is 6.10 Å². The van der Waals surface area contributed by atoms with E-state index in [1.807, 2.05) is 55.5 Å². The molecule has 0 bridgehead atoms. The number of hydrogen-bond donors (Lipinski definition) is 2. The summed E-state index contributed by atoms with van der Waals surface area (Å²) >= 11 is 0. The topological polar surface area (TPSA) is 49.3 Å². The van der Waals surface area contributed by atoms with Crippen LogP contribution in [0.25, 0.3) is 0 Å². The first-order valence-electron chi connectivity index (χ1n) is 7.75. The first-order chi connectivity index (χ1) is 10.6. The molecule has 2 N–H and O–H groups in total. The number of nitrogens with one attached hydrogen (secondary N) is 1. The summed E-state index contributed by atoms with van der Waals surface area (Å²) in [4.78, 5) is 12.4. The van der Waals surface area contributed by atoms with Crippen molar-refractivity contribution in [1.29, 1.82) is 0 Å². The fourth-order valence-corrected chi connectivity index (χ4v) is 3.04. The predicted octanol–water partition coefficient (Wildman–Crippen LogP) is 2.43. The number of hydrogen-bond acceptors (Lipinski definition) is 2. The summed E-state index contributed by atoms with van der Waals surface area (Å²) in [7, 11) is 0. The Labute approximate surface area is 131 Å². The van der Waals surface area contributed by atoms with Crippen LogP contribution in [0.4, 0.5) is 0 Å². The smallest absolute Gasteiger partial charge is 0.227 e. The molecule has 1 amide bonds. The van der Waals surface area contributed by atoms with Crippen LogP contribution in [0.5, 0.6) is 0 Å². The normalized spacial score (nSPS) is 21.7. The summed E-state index contributed by atoms with van der Waals surface area (Å²) in [6.07, 6.45) is 0.757. The van der Waals surface area contributed by atoms with E-state index in [2.05, 4.69) is 11.4 Å². The zero-order chi connectivity index (χ0) is 15.5. The van der Waals surface area contributed by atoms with Gasteiger partial charge in [-0.05, 0) is 30.0 Å². The summed E-state index contributed by atoms with van der Waals surface area (Å²) in [6.45, 7) is 1.90. The Hall–Kier alpha value is -2.13. The maximum atomic E-state index is 12.4. The number of aliphatic hydroxyl groups is 1. The molecule has 0 heterocycles. The van der Waals surface area contributed by atoms with Gasteiger partial charge < -0.3 is 10.4 Å². The van der Waals surface area contributed by atoms with Crippen molar-refractivity contribution < 1.29 is 9.90 Å². The molecule has 0 spiro atoms. The van der Waals surface area contributed by atoms with E-state index in [9.17, 15) is 9.90 Å². The first kappa shape index (κ1) is 14.8. The minimum absolute atomic E-state index is 0.0327. The Balaban J connectivity index is 1.69. The number of fused-ring (bicyclic) bond motifs is 1. The van der Waals surface area contributed by atoms with Gasteiger partial charge >= 0.3 is 0 Å². The number of aliphatic hydroxyl groups excluding tert-OH is 1. The molecular formula is C19H21NO2. The van der Waals surface area contributed by atoms with Gasteiger partial charge in [0.1, 0.15) is 0 Å². The highest BCUT2D eigenvalue weighted by atomic mass is 16.3. The Kier molecular flexibility index (Phi) is 4.25. The van der Waals surface area contributed by atoms with Crippen molar-refractivity contribution in [1.82, 2.24) is 5.32 Å². The van der Waals surface area contributed by atoms with Crippen molar-refractivity contribution in [3.8, 4) is 0 Å². The fourth-order valence-electron chi connectivity index (χ4n) is 3.04. The van der Waals surface area contributed by atoms with E-state index in [-0.39, 0.29) is 17.9 Å². The fraction of sp³-hybridized carbons (Fsp3) is 0.316. The predicted molar refractivity (Wildman–Crippen MR) is 86.6 cm³/mol. The second-order valence-corrected chi connectivity index (χ2v) is 5.99. The molecule has 3 rings (SSSR count). The van der Waals surface area contributed by atoms with Crippen LogP contribution >= 0.6 is 0 Å². The lowest BCUT2D eigenvalue weighted by Crippen LogP contribution is -2.49. The third kappa shape index (κ3) is 3.04. The molecule has 3 nitrogen and oxygen atoms in total. The van der Waals surface area contributed by atoms with Gasteiger partial charge in [0, 0.05) is 6.42 Å². The zero-order valence-corrected chi connectivity index (χ0v) is 12.7. The summed E-state index contributed by atoms with van der Waals surface area (Å²) in [6, 6.07) is 17.6. The van der Waals surface area contributed by atoms with Crippen LogP contribution in [0.1, 0.15) is 29.5 Å². The number of carbonyl (C=O) groups excluding carboxylic acids is 1. The van der Waals surface area contributed by atoms with Gasteiger partial charge in [-0.25, -0.2) is 0 Å². The van der Waals surface area contributed by atoms with Crippen LogP contribution in [-0.2, 0) is 17.6 Å². The lowest BCUT2D eigenvalue weighted by Gasteiger charge is -2.31. The summed E-state index contributed by atoms with van der Waals surface area (Å²) in [5, 5.41) is 13.3. The number of amides is 1. The Morgan fingerprint density at radius 1 is 1.05 bits per heavy atom. The van der Waals surface area contributed by atoms with Crippen molar-refractivity contribution in [3.05, 3.63) is 71.3 Å². The van der Waals surface area contributed by atoms with Crippen LogP contribution in [0, 0.1) is 0 Å². The van der Waals surface area contributed by atoms with Gasteiger partial charge in [0.2, 0.25) is 5.91 Å². The van der Waals surface area contributed by atoms with E-state index >= 15 is 0 Å². The third-order valence-electron chi connectivity index (χ3n) is 4.47. The highest BCUT2D eigenvalue weighted by molar-refractivity contribution is 5.83. The molecule has 0 aliphatic heterocycles. The van der Waals surface area contributed by atoms with Crippen LogP contribution in [0.15, 0.2) is 54.6 Å². The number of rotatable bonds is 3. The Morgan fingerprint density at radius 3 is 2.32 bits per heavy atom. The van der Waals surface area contributed by atoms with Gasteiger partial charge in [-0.15, -0.1) is 0 Å². The van der Waals surface area contributed by atoms with Crippen molar-refractivity contribution in [2.45, 2.75) is 37.8 Å². The minimum Gasteiger partial charge on any atom is -0.391 e. The quantitative estimate of drug-likeness (QED) is 0.913. The number of carbonyl (C=O) groups is 1. The molecule has 3 atom stereocenters. The van der Waals surface area contributed by atoms with Gasteiger partial charge in [0.15, 0.2) is 0 Å². The van der Waals surface area contributed by atoms with Crippen LogP contribution in [0.3, 0.4) is 0 Å². The zero-order valence-electron chi connectivity index (χ0n) is 12.7. The van der Waals surface area contributed by atoms with E-state index in [1.165, 1.54) is 11.1 Å². The average Bonchev–Trinajstić information content (AvgIpc) is 2.55. The molecular weight excluding hydrogens is 274 g/mol. The highest BCUT2D eigenvalue weighted by Gasteiger charge is 2.29. The molecule has 3 heteroatoms. The van der Waals surface area contributed by atoms with Crippen LogP contribution < -0.4 is 5.32 Å². The molecule has 0 saturated carbocycles. The summed E-state index contributed by atoms with van der Waals surface area (Å²) < 4.78 is 0.